The second-order valence-corrected chi connectivity index (χ2v) is 6.95. The van der Waals surface area contributed by atoms with Crippen molar-refractivity contribution in [1.82, 2.24) is 20.1 Å². The van der Waals surface area contributed by atoms with Gasteiger partial charge in [-0.2, -0.15) is 5.10 Å². The first-order valence-electron chi connectivity index (χ1n) is 9.09. The van der Waals surface area contributed by atoms with Crippen molar-refractivity contribution >= 4 is 5.91 Å². The van der Waals surface area contributed by atoms with Crippen LogP contribution in [0.4, 0.5) is 0 Å². The molecule has 6 nitrogen and oxygen atoms in total. The Bertz CT molecular complexity index is 649. The van der Waals surface area contributed by atoms with E-state index in [0.717, 1.165) is 45.1 Å². The van der Waals surface area contributed by atoms with E-state index in [-0.39, 0.29) is 5.91 Å². The fourth-order valence-corrected chi connectivity index (χ4v) is 3.35. The fourth-order valence-electron chi connectivity index (χ4n) is 3.35. The predicted octanol–water partition coefficient (Wildman–Crippen LogP) is 2.68. The van der Waals surface area contributed by atoms with Crippen molar-refractivity contribution in [2.75, 3.05) is 0 Å². The first-order chi connectivity index (χ1) is 12.2. The van der Waals surface area contributed by atoms with Gasteiger partial charge in [0, 0.05) is 19.0 Å². The second-order valence-electron chi connectivity index (χ2n) is 6.95. The monoisotopic (exact) mass is 342 g/mol. The van der Waals surface area contributed by atoms with Gasteiger partial charge in [-0.1, -0.05) is 18.6 Å². The minimum Gasteiger partial charge on any atom is -0.508 e. The Balaban J connectivity index is 1.21. The highest BCUT2D eigenvalue weighted by molar-refractivity contribution is 5.76. The van der Waals surface area contributed by atoms with Crippen molar-refractivity contribution in [3.05, 3.63) is 42.5 Å². The first-order valence-corrected chi connectivity index (χ1v) is 9.09. The van der Waals surface area contributed by atoms with Crippen LogP contribution in [0.25, 0.3) is 0 Å². The Morgan fingerprint density at radius 2 is 2.00 bits per heavy atom. The Morgan fingerprint density at radius 3 is 2.72 bits per heavy atom. The van der Waals surface area contributed by atoms with Crippen LogP contribution in [0.15, 0.2) is 36.9 Å². The Kier molecular flexibility index (Phi) is 6.04. The molecular weight excluding hydrogens is 316 g/mol. The number of aromatic nitrogens is 3. The van der Waals surface area contributed by atoms with Gasteiger partial charge in [-0.3, -0.25) is 9.48 Å². The largest absolute Gasteiger partial charge is 0.508 e. The molecule has 3 rings (SSSR count). The summed E-state index contributed by atoms with van der Waals surface area (Å²) in [4.78, 5) is 15.9. The van der Waals surface area contributed by atoms with Crippen LogP contribution in [0, 0.1) is 5.92 Å². The van der Waals surface area contributed by atoms with Gasteiger partial charge in [-0.15, -0.1) is 0 Å². The van der Waals surface area contributed by atoms with Gasteiger partial charge in [0.15, 0.2) is 0 Å². The number of carbonyl (C=O) groups is 1. The lowest BCUT2D eigenvalue weighted by Gasteiger charge is -2.35. The van der Waals surface area contributed by atoms with Gasteiger partial charge in [-0.25, -0.2) is 4.98 Å². The Hall–Kier alpha value is -2.37. The number of phenolic OH excluding ortho intramolecular Hbond substituents is 1. The van der Waals surface area contributed by atoms with Crippen molar-refractivity contribution in [2.45, 2.75) is 57.5 Å². The van der Waals surface area contributed by atoms with Gasteiger partial charge in [0.05, 0.1) is 0 Å². The zero-order chi connectivity index (χ0) is 17.5. The van der Waals surface area contributed by atoms with Gasteiger partial charge in [-0.05, 0) is 55.7 Å². The number of nitrogens with zero attached hydrogens (tertiary/aromatic N) is 3. The molecule has 1 aromatic carbocycles. The normalized spacial score (nSPS) is 19.4. The molecule has 1 aliphatic rings. The number of amides is 1. The molecule has 0 bridgehead atoms. The summed E-state index contributed by atoms with van der Waals surface area (Å²) in [5, 5.41) is 16.5. The van der Waals surface area contributed by atoms with Gasteiger partial charge in [0.2, 0.25) is 5.91 Å². The van der Waals surface area contributed by atoms with Crippen LogP contribution in [0.1, 0.15) is 44.1 Å². The summed E-state index contributed by atoms with van der Waals surface area (Å²) in [5.74, 6) is 1.08. The predicted molar refractivity (Wildman–Crippen MR) is 95.0 cm³/mol. The SMILES string of the molecule is O=C(CCCCCc1ccc(O)cc1)NC1CC(Cn2cncn2)C1. The third kappa shape index (κ3) is 5.59. The van der Waals surface area contributed by atoms with Gasteiger partial charge in [0.1, 0.15) is 18.4 Å². The molecule has 2 aromatic rings. The quantitative estimate of drug-likeness (QED) is 0.687. The Labute approximate surface area is 148 Å². The molecule has 0 radical (unpaired) electrons. The topological polar surface area (TPSA) is 80.0 Å². The van der Waals surface area contributed by atoms with Crippen LogP contribution < -0.4 is 5.32 Å². The average molecular weight is 342 g/mol. The molecule has 6 heteroatoms. The lowest BCUT2D eigenvalue weighted by molar-refractivity contribution is -0.122. The summed E-state index contributed by atoms with van der Waals surface area (Å²) >= 11 is 0. The number of hydrogen-bond acceptors (Lipinski definition) is 4. The van der Waals surface area contributed by atoms with E-state index < -0.39 is 0 Å². The van der Waals surface area contributed by atoms with E-state index in [1.807, 2.05) is 16.8 Å². The van der Waals surface area contributed by atoms with E-state index >= 15 is 0 Å². The van der Waals surface area contributed by atoms with Crippen LogP contribution in [-0.4, -0.2) is 31.8 Å². The molecule has 1 fully saturated rings. The summed E-state index contributed by atoms with van der Waals surface area (Å²) in [5.41, 5.74) is 1.23. The summed E-state index contributed by atoms with van der Waals surface area (Å²) < 4.78 is 1.86. The number of aromatic hydroxyl groups is 1. The van der Waals surface area contributed by atoms with Crippen LogP contribution in [0.5, 0.6) is 5.75 Å². The van der Waals surface area contributed by atoms with E-state index in [1.54, 1.807) is 24.8 Å². The molecule has 1 saturated carbocycles. The zero-order valence-corrected chi connectivity index (χ0v) is 14.5. The van der Waals surface area contributed by atoms with E-state index in [9.17, 15) is 9.90 Å². The van der Waals surface area contributed by atoms with Crippen molar-refractivity contribution in [2.24, 2.45) is 5.92 Å². The van der Waals surface area contributed by atoms with Crippen molar-refractivity contribution in [1.29, 1.82) is 0 Å². The van der Waals surface area contributed by atoms with Crippen molar-refractivity contribution in [3.8, 4) is 5.75 Å². The molecule has 0 unspecified atom stereocenters. The van der Waals surface area contributed by atoms with E-state index in [2.05, 4.69) is 15.4 Å². The van der Waals surface area contributed by atoms with Crippen LogP contribution >= 0.6 is 0 Å². The maximum Gasteiger partial charge on any atom is 0.220 e. The van der Waals surface area contributed by atoms with Crippen LogP contribution in [-0.2, 0) is 17.8 Å². The highest BCUT2D eigenvalue weighted by Crippen LogP contribution is 2.28. The lowest BCUT2D eigenvalue weighted by Crippen LogP contribution is -2.45. The average Bonchev–Trinajstić information content (AvgIpc) is 3.07. The molecular formula is C19H26N4O2. The molecule has 25 heavy (non-hydrogen) atoms. The zero-order valence-electron chi connectivity index (χ0n) is 14.5. The van der Waals surface area contributed by atoms with Crippen molar-refractivity contribution < 1.29 is 9.90 Å². The first kappa shape index (κ1) is 17.5. The number of benzene rings is 1. The molecule has 134 valence electrons. The molecule has 1 aromatic heterocycles. The van der Waals surface area contributed by atoms with Gasteiger partial charge >= 0.3 is 0 Å². The molecule has 0 aliphatic heterocycles. The smallest absolute Gasteiger partial charge is 0.220 e. The number of carbonyl (C=O) groups excluding carboxylic acids is 1. The molecule has 1 aliphatic carbocycles. The number of hydrogen-bond donors (Lipinski definition) is 2. The van der Waals surface area contributed by atoms with E-state index in [1.165, 1.54) is 5.56 Å². The second kappa shape index (κ2) is 8.65. The summed E-state index contributed by atoms with van der Waals surface area (Å²) in [6.45, 7) is 0.892. The number of nitrogens with one attached hydrogen (secondary N) is 1. The molecule has 0 atom stereocenters. The third-order valence-corrected chi connectivity index (χ3v) is 4.82. The number of rotatable bonds is 9. The maximum absolute atomic E-state index is 12.0. The standard InChI is InChI=1S/C19H26N4O2/c24-18-8-6-15(7-9-18)4-2-1-3-5-19(25)22-17-10-16(11-17)12-23-14-20-13-21-23/h6-9,13-14,16-17,24H,1-5,10-12H2,(H,22,25). The van der Waals surface area contributed by atoms with Crippen LogP contribution in [0.2, 0.25) is 0 Å². The molecule has 0 saturated heterocycles. The van der Waals surface area contributed by atoms with Gasteiger partial charge in [0.25, 0.3) is 0 Å². The van der Waals surface area contributed by atoms with E-state index in [0.29, 0.717) is 24.1 Å². The lowest BCUT2D eigenvalue weighted by atomic mass is 9.80. The summed E-state index contributed by atoms with van der Waals surface area (Å²) in [6.07, 6.45) is 10.0. The molecule has 2 N–H and O–H groups in total. The number of aryl methyl sites for hydroxylation is 1. The Morgan fingerprint density at radius 1 is 1.20 bits per heavy atom. The molecule has 1 heterocycles. The summed E-state index contributed by atoms with van der Waals surface area (Å²) in [6, 6.07) is 7.68. The highest BCUT2D eigenvalue weighted by Gasteiger charge is 2.30. The fraction of sp³-hybridized carbons (Fsp3) is 0.526. The maximum atomic E-state index is 12.0. The van der Waals surface area contributed by atoms with Gasteiger partial charge < -0.3 is 10.4 Å². The molecule has 0 spiro atoms. The van der Waals surface area contributed by atoms with Crippen LogP contribution in [0.3, 0.4) is 0 Å². The number of phenols is 1. The van der Waals surface area contributed by atoms with E-state index in [4.69, 9.17) is 0 Å². The number of unbranched alkanes of at least 4 members (excludes halogenated alkanes) is 2. The summed E-state index contributed by atoms with van der Waals surface area (Å²) in [7, 11) is 0. The minimum atomic E-state index is 0.175. The van der Waals surface area contributed by atoms with Crippen molar-refractivity contribution in [3.63, 3.8) is 0 Å². The molecule has 1 amide bonds. The highest BCUT2D eigenvalue weighted by atomic mass is 16.3. The minimum absolute atomic E-state index is 0.175. The third-order valence-electron chi connectivity index (χ3n) is 4.82.